The number of halogens is 1. The fraction of sp³-hybridized carbons (Fsp3) is 0.0455. The molecule has 2 N–H and O–H groups in total. The number of thiazole rings is 1. The lowest BCUT2D eigenvalue weighted by molar-refractivity contribution is 0.628. The summed E-state index contributed by atoms with van der Waals surface area (Å²) in [5.74, 6) is 0.418. The molecule has 0 aliphatic rings. The number of para-hydroxylation sites is 1. The van der Waals surface area contributed by atoms with E-state index in [1.807, 2.05) is 42.7 Å². The second kappa shape index (κ2) is 7.89. The number of aromatic amines is 1. The van der Waals surface area contributed by atoms with E-state index in [-0.39, 0.29) is 5.82 Å². The largest absolute Gasteiger partial charge is 0.332 e. The predicted octanol–water partition coefficient (Wildman–Crippen LogP) is 6.35. The molecule has 0 amide bonds. The molecule has 0 spiro atoms. The van der Waals surface area contributed by atoms with E-state index < -0.39 is 0 Å². The van der Waals surface area contributed by atoms with Crippen LogP contribution in [0.4, 0.5) is 15.3 Å². The number of H-pyrrole nitrogens is 1. The average Bonchev–Trinajstić information content (AvgIpc) is 3.38. The molecular weight excluding hydrogens is 417 g/mol. The van der Waals surface area contributed by atoms with Crippen LogP contribution in [0, 0.1) is 5.82 Å². The lowest BCUT2D eigenvalue weighted by atomic mass is 10.1. The highest BCUT2D eigenvalue weighted by Crippen LogP contribution is 2.34. The molecular formula is C22H16FN5S2. The highest BCUT2D eigenvalue weighted by atomic mass is 32.2. The van der Waals surface area contributed by atoms with Crippen LogP contribution >= 0.6 is 23.1 Å². The van der Waals surface area contributed by atoms with Crippen molar-refractivity contribution in [1.29, 1.82) is 0 Å². The quantitative estimate of drug-likeness (QED) is 0.316. The van der Waals surface area contributed by atoms with Gasteiger partial charge in [0.05, 0.1) is 21.6 Å². The summed E-state index contributed by atoms with van der Waals surface area (Å²) in [4.78, 5) is 17.1. The molecule has 0 atom stereocenters. The summed E-state index contributed by atoms with van der Waals surface area (Å²) < 4.78 is 14.5. The zero-order valence-electron chi connectivity index (χ0n) is 15.9. The summed E-state index contributed by atoms with van der Waals surface area (Å²) in [6.45, 7) is 0. The van der Waals surface area contributed by atoms with Crippen LogP contribution in [0.2, 0.25) is 0 Å². The van der Waals surface area contributed by atoms with E-state index in [4.69, 9.17) is 4.98 Å². The minimum absolute atomic E-state index is 0.267. The SMILES string of the molecule is CSc1nc(-c2ccnc(Nc3nc4ccccc4s3)c2)c(-c2ccc(F)cc2)[nH]1. The standard InChI is InChI=1S/C22H16FN5S2/c1-29-21-27-19(13-6-8-15(23)9-7-13)20(28-21)14-10-11-24-18(12-14)26-22-25-16-4-2-3-5-17(16)30-22/h2-12H,1H3,(H,27,28)(H,24,25,26). The number of nitrogens with zero attached hydrogens (tertiary/aromatic N) is 3. The topological polar surface area (TPSA) is 66.5 Å². The Kier molecular flexibility index (Phi) is 4.94. The molecule has 5 nitrogen and oxygen atoms in total. The van der Waals surface area contributed by atoms with Gasteiger partial charge in [-0.05, 0) is 54.8 Å². The summed E-state index contributed by atoms with van der Waals surface area (Å²) in [7, 11) is 0. The van der Waals surface area contributed by atoms with Gasteiger partial charge in [0.1, 0.15) is 11.6 Å². The molecule has 0 aliphatic heterocycles. The van der Waals surface area contributed by atoms with Crippen molar-refractivity contribution in [1.82, 2.24) is 19.9 Å². The van der Waals surface area contributed by atoms with Gasteiger partial charge >= 0.3 is 0 Å². The van der Waals surface area contributed by atoms with Gasteiger partial charge in [-0.2, -0.15) is 0 Å². The van der Waals surface area contributed by atoms with E-state index in [2.05, 4.69) is 20.3 Å². The van der Waals surface area contributed by atoms with Gasteiger partial charge in [-0.25, -0.2) is 19.3 Å². The second-order valence-electron chi connectivity index (χ2n) is 6.52. The second-order valence-corrected chi connectivity index (χ2v) is 8.34. The van der Waals surface area contributed by atoms with Crippen LogP contribution in [0.25, 0.3) is 32.7 Å². The van der Waals surface area contributed by atoms with Crippen molar-refractivity contribution in [2.75, 3.05) is 11.6 Å². The molecule has 3 heterocycles. The average molecular weight is 434 g/mol. The maximum Gasteiger partial charge on any atom is 0.189 e. The van der Waals surface area contributed by atoms with Crippen molar-refractivity contribution in [2.45, 2.75) is 5.16 Å². The van der Waals surface area contributed by atoms with Gasteiger partial charge in [0.2, 0.25) is 0 Å². The van der Waals surface area contributed by atoms with Crippen LogP contribution in [0.15, 0.2) is 72.0 Å². The Morgan fingerprint density at radius 3 is 2.63 bits per heavy atom. The Morgan fingerprint density at radius 2 is 1.83 bits per heavy atom. The number of fused-ring (bicyclic) bond motifs is 1. The highest BCUT2D eigenvalue weighted by Gasteiger charge is 2.15. The van der Waals surface area contributed by atoms with E-state index in [9.17, 15) is 4.39 Å². The Balaban J connectivity index is 1.52. The van der Waals surface area contributed by atoms with E-state index in [1.54, 1.807) is 29.7 Å². The number of benzene rings is 2. The van der Waals surface area contributed by atoms with Gasteiger partial charge in [0.25, 0.3) is 0 Å². The summed E-state index contributed by atoms with van der Waals surface area (Å²) in [5, 5.41) is 4.87. The van der Waals surface area contributed by atoms with Crippen LogP contribution < -0.4 is 5.32 Å². The fourth-order valence-corrected chi connectivity index (χ4v) is 4.42. The molecule has 0 saturated carbocycles. The Hall–Kier alpha value is -3.23. The zero-order chi connectivity index (χ0) is 20.5. The first kappa shape index (κ1) is 18.8. The first-order valence-electron chi connectivity index (χ1n) is 9.18. The maximum absolute atomic E-state index is 13.4. The molecule has 5 aromatic rings. The number of imidazole rings is 1. The predicted molar refractivity (Wildman–Crippen MR) is 122 cm³/mol. The first-order chi connectivity index (χ1) is 14.7. The zero-order valence-corrected chi connectivity index (χ0v) is 17.5. The molecule has 0 unspecified atom stereocenters. The van der Waals surface area contributed by atoms with Crippen molar-refractivity contribution in [3.05, 3.63) is 72.7 Å². The van der Waals surface area contributed by atoms with Crippen molar-refractivity contribution >= 4 is 44.3 Å². The third kappa shape index (κ3) is 3.67. The van der Waals surface area contributed by atoms with Crippen LogP contribution in [0.3, 0.4) is 0 Å². The molecule has 0 radical (unpaired) electrons. The lowest BCUT2D eigenvalue weighted by Gasteiger charge is -2.06. The molecule has 0 aliphatic carbocycles. The van der Waals surface area contributed by atoms with Crippen LogP contribution in [0.5, 0.6) is 0 Å². The molecule has 30 heavy (non-hydrogen) atoms. The molecule has 0 bridgehead atoms. The van der Waals surface area contributed by atoms with Gasteiger partial charge in [-0.1, -0.05) is 35.2 Å². The monoisotopic (exact) mass is 433 g/mol. The third-order valence-corrected chi connectivity index (χ3v) is 6.10. The number of aromatic nitrogens is 4. The number of hydrogen-bond donors (Lipinski definition) is 2. The number of rotatable bonds is 5. The van der Waals surface area contributed by atoms with Gasteiger partial charge < -0.3 is 10.3 Å². The molecule has 148 valence electrons. The van der Waals surface area contributed by atoms with E-state index in [0.29, 0.717) is 5.82 Å². The Bertz CT molecular complexity index is 1290. The summed E-state index contributed by atoms with van der Waals surface area (Å²) in [6, 6.07) is 18.3. The number of anilines is 2. The molecule has 2 aromatic carbocycles. The van der Waals surface area contributed by atoms with Crippen LogP contribution in [-0.4, -0.2) is 26.2 Å². The molecule has 3 aromatic heterocycles. The first-order valence-corrected chi connectivity index (χ1v) is 11.2. The van der Waals surface area contributed by atoms with E-state index in [1.165, 1.54) is 23.9 Å². The Morgan fingerprint density at radius 1 is 1.00 bits per heavy atom. The van der Waals surface area contributed by atoms with Crippen LogP contribution in [0.1, 0.15) is 0 Å². The molecule has 8 heteroatoms. The summed E-state index contributed by atoms with van der Waals surface area (Å²) >= 11 is 3.11. The smallest absolute Gasteiger partial charge is 0.189 e. The normalized spacial score (nSPS) is 11.1. The van der Waals surface area contributed by atoms with Gasteiger partial charge in [-0.3, -0.25) is 0 Å². The van der Waals surface area contributed by atoms with Crippen molar-refractivity contribution in [3.8, 4) is 22.5 Å². The highest BCUT2D eigenvalue weighted by molar-refractivity contribution is 7.98. The van der Waals surface area contributed by atoms with Crippen molar-refractivity contribution in [2.24, 2.45) is 0 Å². The number of nitrogens with one attached hydrogen (secondary N) is 2. The van der Waals surface area contributed by atoms with Crippen molar-refractivity contribution in [3.63, 3.8) is 0 Å². The molecule has 0 fully saturated rings. The van der Waals surface area contributed by atoms with Gasteiger partial charge in [0, 0.05) is 17.3 Å². The third-order valence-electron chi connectivity index (χ3n) is 4.57. The summed E-state index contributed by atoms with van der Waals surface area (Å²) in [6.07, 6.45) is 3.70. The molecule has 5 rings (SSSR count). The minimum Gasteiger partial charge on any atom is -0.332 e. The summed E-state index contributed by atoms with van der Waals surface area (Å²) in [5.41, 5.74) is 4.37. The lowest BCUT2D eigenvalue weighted by Crippen LogP contribution is -1.93. The van der Waals surface area contributed by atoms with Gasteiger partial charge in [-0.15, -0.1) is 0 Å². The molecule has 0 saturated heterocycles. The van der Waals surface area contributed by atoms with E-state index in [0.717, 1.165) is 43.0 Å². The number of hydrogen-bond acceptors (Lipinski definition) is 6. The maximum atomic E-state index is 13.4. The minimum atomic E-state index is -0.267. The Labute approximate surface area is 180 Å². The number of pyridine rings is 1. The van der Waals surface area contributed by atoms with Crippen LogP contribution in [-0.2, 0) is 0 Å². The van der Waals surface area contributed by atoms with Crippen molar-refractivity contribution < 1.29 is 4.39 Å². The van der Waals surface area contributed by atoms with E-state index >= 15 is 0 Å². The van der Waals surface area contributed by atoms with Gasteiger partial charge in [0.15, 0.2) is 10.3 Å². The number of thioether (sulfide) groups is 1. The fourth-order valence-electron chi connectivity index (χ4n) is 3.16.